The number of hydrogen-bond acceptors (Lipinski definition) is 3. The van der Waals surface area contributed by atoms with Gasteiger partial charge in [0, 0.05) is 18.3 Å². The molecule has 0 aliphatic carbocycles. The van der Waals surface area contributed by atoms with Crippen LogP contribution in [0.15, 0.2) is 24.5 Å². The average molecular weight is 272 g/mol. The maximum atomic E-state index is 12.0. The lowest BCUT2D eigenvalue weighted by atomic mass is 9.88. The molecule has 106 valence electrons. The highest BCUT2D eigenvalue weighted by Gasteiger charge is 2.28. The van der Waals surface area contributed by atoms with E-state index in [-0.39, 0.29) is 11.8 Å². The Morgan fingerprint density at radius 3 is 3.10 bits per heavy atom. The van der Waals surface area contributed by atoms with Gasteiger partial charge in [-0.1, -0.05) is 6.92 Å². The van der Waals surface area contributed by atoms with Gasteiger partial charge in [0.2, 0.25) is 5.91 Å². The fourth-order valence-electron chi connectivity index (χ4n) is 2.44. The lowest BCUT2D eigenvalue weighted by Crippen LogP contribution is -2.49. The van der Waals surface area contributed by atoms with Gasteiger partial charge in [-0.2, -0.15) is 0 Å². The molecule has 20 heavy (non-hydrogen) atoms. The summed E-state index contributed by atoms with van der Waals surface area (Å²) in [7, 11) is 0. The molecule has 0 radical (unpaired) electrons. The molecule has 0 saturated carbocycles. The van der Waals surface area contributed by atoms with Crippen LogP contribution < -0.4 is 10.6 Å². The zero-order valence-electron chi connectivity index (χ0n) is 11.9. The topological polar surface area (TPSA) is 58.4 Å². The first-order valence-corrected chi connectivity index (χ1v) is 7.06. The van der Waals surface area contributed by atoms with Crippen LogP contribution in [0, 0.1) is 18.8 Å². The number of nitrogens with one attached hydrogen (secondary N) is 2. The average Bonchev–Trinajstić information content (AvgIpc) is 2.75. The quantitative estimate of drug-likeness (QED) is 0.876. The number of hydrogen-bond donors (Lipinski definition) is 2. The fourth-order valence-corrected chi connectivity index (χ4v) is 2.44. The summed E-state index contributed by atoms with van der Waals surface area (Å²) in [6.45, 7) is 6.42. The normalized spacial score (nSPS) is 16.9. The minimum atomic E-state index is 0.0653. The molecule has 2 N–H and O–H groups in total. The predicted octanol–water partition coefficient (Wildman–Crippen LogP) is 1.11. The van der Waals surface area contributed by atoms with Crippen LogP contribution >= 0.6 is 0 Å². The van der Waals surface area contributed by atoms with Gasteiger partial charge in [0.1, 0.15) is 5.65 Å². The standard InChI is InChI=1S/C15H20N4O/c1-10-3-4-19-9-13(18-14(19)5-10)8-17-15(20)11(2)12-6-16-7-12/h3-5,9,11-12,16H,6-8H2,1-2H3,(H,17,20). The van der Waals surface area contributed by atoms with Crippen LogP contribution in [0.1, 0.15) is 18.2 Å². The van der Waals surface area contributed by atoms with E-state index in [4.69, 9.17) is 0 Å². The number of nitrogens with zero attached hydrogens (tertiary/aromatic N) is 2. The second-order valence-corrected chi connectivity index (χ2v) is 5.63. The lowest BCUT2D eigenvalue weighted by Gasteiger charge is -2.31. The van der Waals surface area contributed by atoms with Gasteiger partial charge in [-0.15, -0.1) is 0 Å². The number of aromatic nitrogens is 2. The SMILES string of the molecule is Cc1ccn2cc(CNC(=O)C(C)C3CNC3)nc2c1. The second-order valence-electron chi connectivity index (χ2n) is 5.63. The van der Waals surface area contributed by atoms with Crippen molar-refractivity contribution < 1.29 is 4.79 Å². The van der Waals surface area contributed by atoms with Crippen molar-refractivity contribution in [2.75, 3.05) is 13.1 Å². The van der Waals surface area contributed by atoms with Gasteiger partial charge >= 0.3 is 0 Å². The third-order valence-corrected chi connectivity index (χ3v) is 4.04. The number of carbonyl (C=O) groups is 1. The number of fused-ring (bicyclic) bond motifs is 1. The van der Waals surface area contributed by atoms with Crippen molar-refractivity contribution in [1.29, 1.82) is 0 Å². The van der Waals surface area contributed by atoms with Crippen LogP contribution in [0.4, 0.5) is 0 Å². The zero-order valence-corrected chi connectivity index (χ0v) is 11.9. The molecule has 1 aliphatic rings. The van der Waals surface area contributed by atoms with E-state index in [1.165, 1.54) is 5.56 Å². The number of carbonyl (C=O) groups excluding carboxylic acids is 1. The van der Waals surface area contributed by atoms with E-state index in [1.807, 2.05) is 42.8 Å². The molecule has 2 aromatic heterocycles. The largest absolute Gasteiger partial charge is 0.350 e. The molecule has 0 spiro atoms. The van der Waals surface area contributed by atoms with Crippen LogP contribution in [-0.4, -0.2) is 28.4 Å². The molecule has 3 heterocycles. The fraction of sp³-hybridized carbons (Fsp3) is 0.467. The van der Waals surface area contributed by atoms with E-state index in [9.17, 15) is 4.79 Å². The van der Waals surface area contributed by atoms with E-state index in [2.05, 4.69) is 15.6 Å². The Morgan fingerprint density at radius 1 is 1.60 bits per heavy atom. The molecule has 5 heteroatoms. The first-order chi connectivity index (χ1) is 9.63. The Bertz CT molecular complexity index is 630. The van der Waals surface area contributed by atoms with Crippen LogP contribution in [-0.2, 0) is 11.3 Å². The summed E-state index contributed by atoms with van der Waals surface area (Å²) in [5, 5.41) is 6.18. The summed E-state index contributed by atoms with van der Waals surface area (Å²) >= 11 is 0. The molecule has 2 aromatic rings. The lowest BCUT2D eigenvalue weighted by molar-refractivity contribution is -0.126. The van der Waals surface area contributed by atoms with Gasteiger partial charge < -0.3 is 15.0 Å². The Hall–Kier alpha value is -1.88. The summed E-state index contributed by atoms with van der Waals surface area (Å²) in [6.07, 6.45) is 3.95. The first kappa shape index (κ1) is 13.1. The maximum Gasteiger partial charge on any atom is 0.223 e. The van der Waals surface area contributed by atoms with Gasteiger partial charge in [0.05, 0.1) is 12.2 Å². The van der Waals surface area contributed by atoms with Gasteiger partial charge in [-0.05, 0) is 43.6 Å². The van der Waals surface area contributed by atoms with Crippen molar-refractivity contribution in [3.63, 3.8) is 0 Å². The molecule has 1 aliphatic heterocycles. The van der Waals surface area contributed by atoms with Crippen molar-refractivity contribution in [1.82, 2.24) is 20.0 Å². The van der Waals surface area contributed by atoms with Crippen molar-refractivity contribution in [3.8, 4) is 0 Å². The molecule has 1 atom stereocenters. The van der Waals surface area contributed by atoms with E-state index >= 15 is 0 Å². The second kappa shape index (κ2) is 5.25. The number of amides is 1. The molecule has 3 rings (SSSR count). The molecule has 1 saturated heterocycles. The van der Waals surface area contributed by atoms with E-state index in [0.29, 0.717) is 12.5 Å². The van der Waals surface area contributed by atoms with Crippen molar-refractivity contribution in [2.45, 2.75) is 20.4 Å². The highest BCUT2D eigenvalue weighted by Crippen LogP contribution is 2.16. The number of imidazole rings is 1. The summed E-state index contributed by atoms with van der Waals surface area (Å²) in [5.41, 5.74) is 3.00. The third-order valence-electron chi connectivity index (χ3n) is 4.04. The Morgan fingerprint density at radius 2 is 2.40 bits per heavy atom. The van der Waals surface area contributed by atoms with Gasteiger partial charge in [0.15, 0.2) is 0 Å². The molecule has 1 unspecified atom stereocenters. The van der Waals surface area contributed by atoms with Crippen LogP contribution in [0.2, 0.25) is 0 Å². The van der Waals surface area contributed by atoms with Gasteiger partial charge in [-0.25, -0.2) is 4.98 Å². The molecule has 1 amide bonds. The van der Waals surface area contributed by atoms with Crippen LogP contribution in [0.3, 0.4) is 0 Å². The monoisotopic (exact) mass is 272 g/mol. The Labute approximate surface area is 118 Å². The van der Waals surface area contributed by atoms with Crippen molar-refractivity contribution in [3.05, 3.63) is 35.8 Å². The van der Waals surface area contributed by atoms with Crippen LogP contribution in [0.5, 0.6) is 0 Å². The van der Waals surface area contributed by atoms with E-state index in [1.54, 1.807) is 0 Å². The number of rotatable bonds is 4. The molecule has 0 aromatic carbocycles. The predicted molar refractivity (Wildman–Crippen MR) is 77.3 cm³/mol. The highest BCUT2D eigenvalue weighted by molar-refractivity contribution is 5.78. The van der Waals surface area contributed by atoms with Crippen LogP contribution in [0.25, 0.3) is 5.65 Å². The smallest absolute Gasteiger partial charge is 0.223 e. The molecule has 0 bridgehead atoms. The number of aryl methyl sites for hydroxylation is 1. The first-order valence-electron chi connectivity index (χ1n) is 7.06. The van der Waals surface area contributed by atoms with Gasteiger partial charge in [0.25, 0.3) is 0 Å². The summed E-state index contributed by atoms with van der Waals surface area (Å²) < 4.78 is 1.98. The van der Waals surface area contributed by atoms with Gasteiger partial charge in [-0.3, -0.25) is 4.79 Å². The van der Waals surface area contributed by atoms with E-state index in [0.717, 1.165) is 24.4 Å². The Balaban J connectivity index is 1.62. The summed E-state index contributed by atoms with van der Waals surface area (Å²) in [4.78, 5) is 16.6. The van der Waals surface area contributed by atoms with Crippen molar-refractivity contribution in [2.24, 2.45) is 11.8 Å². The zero-order chi connectivity index (χ0) is 14.1. The van der Waals surface area contributed by atoms with E-state index < -0.39 is 0 Å². The molecular weight excluding hydrogens is 252 g/mol. The third kappa shape index (κ3) is 2.54. The minimum Gasteiger partial charge on any atom is -0.350 e. The maximum absolute atomic E-state index is 12.0. The number of pyridine rings is 1. The Kier molecular flexibility index (Phi) is 3.44. The highest BCUT2D eigenvalue weighted by atomic mass is 16.1. The molecular formula is C15H20N4O. The molecule has 5 nitrogen and oxygen atoms in total. The van der Waals surface area contributed by atoms with Crippen molar-refractivity contribution >= 4 is 11.6 Å². The molecule has 1 fully saturated rings. The summed E-state index contributed by atoms with van der Waals surface area (Å²) in [5.74, 6) is 0.652. The minimum absolute atomic E-state index is 0.0653. The summed E-state index contributed by atoms with van der Waals surface area (Å²) in [6, 6.07) is 4.08.